The highest BCUT2D eigenvalue weighted by molar-refractivity contribution is 5.89. The van der Waals surface area contributed by atoms with Gasteiger partial charge >= 0.3 is 0 Å². The Morgan fingerprint density at radius 2 is 1.59 bits per heavy atom. The molecule has 5 nitrogen and oxygen atoms in total. The average molecular weight is 416 g/mol. The maximum Gasteiger partial charge on any atom is 0.243 e. The molecule has 2 aromatic carbocycles. The van der Waals surface area contributed by atoms with Crippen molar-refractivity contribution in [3.05, 3.63) is 71.8 Å². The summed E-state index contributed by atoms with van der Waals surface area (Å²) in [6.07, 6.45) is 3.31. The molecule has 1 fully saturated rings. The molecule has 1 saturated carbocycles. The van der Waals surface area contributed by atoms with Gasteiger partial charge in [-0.2, -0.15) is 0 Å². The van der Waals surface area contributed by atoms with Gasteiger partial charge in [0.25, 0.3) is 0 Å². The van der Waals surface area contributed by atoms with Crippen LogP contribution in [0.3, 0.4) is 0 Å². The summed E-state index contributed by atoms with van der Waals surface area (Å²) in [6.45, 7) is 0.956. The molecule has 2 aromatic rings. The van der Waals surface area contributed by atoms with Gasteiger partial charge in [0.05, 0.1) is 0 Å². The van der Waals surface area contributed by atoms with E-state index in [1.807, 2.05) is 60.7 Å². The summed E-state index contributed by atoms with van der Waals surface area (Å²) in [5.41, 5.74) is 7.87. The van der Waals surface area contributed by atoms with Gasteiger partial charge in [-0.25, -0.2) is 0 Å². The van der Waals surface area contributed by atoms with Crippen molar-refractivity contribution in [3.63, 3.8) is 0 Å². The van der Waals surface area contributed by atoms with Gasteiger partial charge < -0.3 is 16.4 Å². The predicted molar refractivity (Wildman–Crippen MR) is 117 cm³/mol. The van der Waals surface area contributed by atoms with E-state index in [0.29, 0.717) is 19.5 Å². The van der Waals surface area contributed by atoms with E-state index < -0.39 is 6.04 Å². The van der Waals surface area contributed by atoms with Crippen LogP contribution < -0.4 is 16.4 Å². The van der Waals surface area contributed by atoms with Gasteiger partial charge in [-0.1, -0.05) is 67.1 Å². The molecule has 1 unspecified atom stereocenters. The number of benzene rings is 2. The highest BCUT2D eigenvalue weighted by Crippen LogP contribution is 2.31. The fourth-order valence-electron chi connectivity index (χ4n) is 3.91. The summed E-state index contributed by atoms with van der Waals surface area (Å²) in [6, 6.07) is 18.9. The van der Waals surface area contributed by atoms with Gasteiger partial charge in [-0.3, -0.25) is 9.59 Å². The molecule has 156 valence electrons. The number of carbonyl (C=O) groups excluding carboxylic acids is 2. The minimum absolute atomic E-state index is 0. The average Bonchev–Trinajstić information content (AvgIpc) is 3.22. The van der Waals surface area contributed by atoms with Crippen LogP contribution in [-0.2, 0) is 22.6 Å². The maximum absolute atomic E-state index is 12.9. The second-order valence-electron chi connectivity index (χ2n) is 7.49. The van der Waals surface area contributed by atoms with Crippen LogP contribution in [0.2, 0.25) is 0 Å². The van der Waals surface area contributed by atoms with E-state index in [2.05, 4.69) is 10.6 Å². The fourth-order valence-corrected chi connectivity index (χ4v) is 3.91. The molecule has 3 rings (SSSR count). The molecule has 0 heterocycles. The topological polar surface area (TPSA) is 84.2 Å². The zero-order chi connectivity index (χ0) is 19.8. The van der Waals surface area contributed by atoms with E-state index in [-0.39, 0.29) is 36.1 Å². The third-order valence-electron chi connectivity index (χ3n) is 5.52. The molecule has 0 bridgehead atoms. The van der Waals surface area contributed by atoms with Crippen LogP contribution in [-0.4, -0.2) is 24.4 Å². The Balaban J connectivity index is 0.00000300. The van der Waals surface area contributed by atoms with E-state index >= 15 is 0 Å². The third kappa shape index (κ3) is 6.58. The molecule has 2 amide bonds. The zero-order valence-electron chi connectivity index (χ0n) is 16.6. The summed E-state index contributed by atoms with van der Waals surface area (Å²) in [4.78, 5) is 25.7. The van der Waals surface area contributed by atoms with Crippen molar-refractivity contribution in [1.82, 2.24) is 10.6 Å². The quantitative estimate of drug-likeness (QED) is 0.619. The van der Waals surface area contributed by atoms with Gasteiger partial charge in [0, 0.05) is 18.9 Å². The van der Waals surface area contributed by atoms with E-state index in [9.17, 15) is 9.59 Å². The first-order chi connectivity index (χ1) is 13.7. The predicted octanol–water partition coefficient (Wildman–Crippen LogP) is 2.83. The van der Waals surface area contributed by atoms with Crippen molar-refractivity contribution in [1.29, 1.82) is 0 Å². The standard InChI is InChI=1S/C23H29N3O2.ClH/c24-15-19-12-7-13-20(19)22(27)26-21(14-17-8-3-1-4-9-17)23(28)25-16-18-10-5-2-6-11-18;/h1-6,8-11,19-21H,7,12-16,24H2,(H,25,28)(H,26,27);1H/t19-,20-,21?;/m1./s1. The largest absolute Gasteiger partial charge is 0.350 e. The Kier molecular flexibility index (Phi) is 9.16. The van der Waals surface area contributed by atoms with Crippen LogP contribution >= 0.6 is 12.4 Å². The minimum Gasteiger partial charge on any atom is -0.350 e. The minimum atomic E-state index is -0.599. The van der Waals surface area contributed by atoms with Crippen molar-refractivity contribution in [2.45, 2.75) is 38.3 Å². The molecule has 4 N–H and O–H groups in total. The molecule has 6 heteroatoms. The van der Waals surface area contributed by atoms with E-state index in [4.69, 9.17) is 5.73 Å². The zero-order valence-corrected chi connectivity index (χ0v) is 17.4. The first-order valence-electron chi connectivity index (χ1n) is 10.0. The third-order valence-corrected chi connectivity index (χ3v) is 5.52. The monoisotopic (exact) mass is 415 g/mol. The van der Waals surface area contributed by atoms with E-state index in [0.717, 1.165) is 30.4 Å². The Labute approximate surface area is 178 Å². The second-order valence-corrected chi connectivity index (χ2v) is 7.49. The number of hydrogen-bond donors (Lipinski definition) is 3. The van der Waals surface area contributed by atoms with Crippen LogP contribution in [0.4, 0.5) is 0 Å². The highest BCUT2D eigenvalue weighted by atomic mass is 35.5. The molecule has 0 saturated heterocycles. The number of nitrogens with one attached hydrogen (secondary N) is 2. The van der Waals surface area contributed by atoms with Gasteiger partial charge in [0.2, 0.25) is 11.8 Å². The summed E-state index contributed by atoms with van der Waals surface area (Å²) in [7, 11) is 0. The SMILES string of the molecule is Cl.NC[C@H]1CCC[C@H]1C(=O)NC(Cc1ccccc1)C(=O)NCc1ccccc1. The smallest absolute Gasteiger partial charge is 0.243 e. The first-order valence-corrected chi connectivity index (χ1v) is 10.0. The van der Waals surface area contributed by atoms with Gasteiger partial charge in [0.1, 0.15) is 6.04 Å². The Bertz CT molecular complexity index is 770. The molecule has 1 aliphatic rings. The Morgan fingerprint density at radius 3 is 2.21 bits per heavy atom. The Hall–Kier alpha value is -2.37. The van der Waals surface area contributed by atoms with Crippen molar-refractivity contribution in [2.75, 3.05) is 6.54 Å². The fraction of sp³-hybridized carbons (Fsp3) is 0.391. The summed E-state index contributed by atoms with van der Waals surface area (Å²) in [5, 5.41) is 5.96. The number of carbonyl (C=O) groups is 2. The van der Waals surface area contributed by atoms with Crippen LogP contribution in [0.5, 0.6) is 0 Å². The van der Waals surface area contributed by atoms with E-state index in [1.165, 1.54) is 0 Å². The van der Waals surface area contributed by atoms with Crippen molar-refractivity contribution in [2.24, 2.45) is 17.6 Å². The normalized spacial score (nSPS) is 19.1. The van der Waals surface area contributed by atoms with Crippen molar-refractivity contribution in [3.8, 4) is 0 Å². The molecule has 29 heavy (non-hydrogen) atoms. The molecular formula is C23H30ClN3O2. The van der Waals surface area contributed by atoms with Gasteiger partial charge in [-0.05, 0) is 36.4 Å². The number of nitrogens with two attached hydrogens (primary N) is 1. The molecular weight excluding hydrogens is 386 g/mol. The number of amides is 2. The maximum atomic E-state index is 12.9. The summed E-state index contributed by atoms with van der Waals surface area (Å²) < 4.78 is 0. The van der Waals surface area contributed by atoms with Crippen LogP contribution in [0.1, 0.15) is 30.4 Å². The van der Waals surface area contributed by atoms with Crippen LogP contribution in [0, 0.1) is 11.8 Å². The molecule has 0 radical (unpaired) electrons. The van der Waals surface area contributed by atoms with E-state index in [1.54, 1.807) is 0 Å². The lowest BCUT2D eigenvalue weighted by Crippen LogP contribution is -2.50. The highest BCUT2D eigenvalue weighted by Gasteiger charge is 2.34. The van der Waals surface area contributed by atoms with Crippen LogP contribution in [0.15, 0.2) is 60.7 Å². The van der Waals surface area contributed by atoms with Crippen molar-refractivity contribution >= 4 is 24.2 Å². The second kappa shape index (κ2) is 11.6. The summed E-state index contributed by atoms with van der Waals surface area (Å²) >= 11 is 0. The number of hydrogen-bond acceptors (Lipinski definition) is 3. The van der Waals surface area contributed by atoms with Crippen LogP contribution in [0.25, 0.3) is 0 Å². The lowest BCUT2D eigenvalue weighted by Gasteiger charge is -2.23. The molecule has 1 aliphatic carbocycles. The van der Waals surface area contributed by atoms with Crippen molar-refractivity contribution < 1.29 is 9.59 Å². The molecule has 0 aliphatic heterocycles. The van der Waals surface area contributed by atoms with Gasteiger partial charge in [-0.15, -0.1) is 12.4 Å². The lowest BCUT2D eigenvalue weighted by molar-refractivity contribution is -0.131. The number of halogens is 1. The Morgan fingerprint density at radius 1 is 0.966 bits per heavy atom. The number of rotatable bonds is 8. The lowest BCUT2D eigenvalue weighted by atomic mass is 9.94. The molecule has 0 spiro atoms. The molecule has 0 aromatic heterocycles. The molecule has 3 atom stereocenters. The first kappa shape index (κ1) is 22.9. The summed E-state index contributed by atoms with van der Waals surface area (Å²) in [5.74, 6) is -0.0953. The van der Waals surface area contributed by atoms with Gasteiger partial charge in [0.15, 0.2) is 0 Å².